The van der Waals surface area contributed by atoms with Crippen molar-refractivity contribution < 1.29 is 9.13 Å². The highest BCUT2D eigenvalue weighted by molar-refractivity contribution is 5.85. The van der Waals surface area contributed by atoms with Crippen molar-refractivity contribution in [2.24, 2.45) is 0 Å². The van der Waals surface area contributed by atoms with Crippen LogP contribution in [0.15, 0.2) is 0 Å². The molecule has 10 heavy (non-hydrogen) atoms. The van der Waals surface area contributed by atoms with Gasteiger partial charge in [0.1, 0.15) is 6.17 Å². The van der Waals surface area contributed by atoms with E-state index in [9.17, 15) is 4.39 Å². The van der Waals surface area contributed by atoms with Crippen molar-refractivity contribution in [2.45, 2.75) is 18.7 Å². The Labute approximate surface area is 66.5 Å². The third kappa shape index (κ3) is 2.82. The van der Waals surface area contributed by atoms with Crippen LogP contribution in [0.3, 0.4) is 0 Å². The van der Waals surface area contributed by atoms with Gasteiger partial charge in [0.25, 0.3) is 0 Å². The first-order chi connectivity index (χ1) is 4.33. The van der Waals surface area contributed by atoms with Crippen molar-refractivity contribution in [2.75, 3.05) is 20.2 Å². The predicted octanol–water partition coefficient (Wildman–Crippen LogP) is 0.755. The summed E-state index contributed by atoms with van der Waals surface area (Å²) in [6.45, 7) is 1.27. The van der Waals surface area contributed by atoms with Gasteiger partial charge in [-0.05, 0) is 0 Å². The second-order valence-corrected chi connectivity index (χ2v) is 2.35. The zero-order valence-corrected chi connectivity index (χ0v) is 6.79. The van der Waals surface area contributed by atoms with Crippen LogP contribution in [-0.4, -0.2) is 32.5 Å². The summed E-state index contributed by atoms with van der Waals surface area (Å²) >= 11 is 0. The van der Waals surface area contributed by atoms with Crippen LogP contribution in [0.2, 0.25) is 0 Å². The SMILES string of the molecule is CO[C@H]1CNC[C@H](F)C1.Cl. The van der Waals surface area contributed by atoms with Gasteiger partial charge in [0.2, 0.25) is 0 Å². The van der Waals surface area contributed by atoms with Gasteiger partial charge in [-0.2, -0.15) is 0 Å². The normalized spacial score (nSPS) is 33.0. The number of methoxy groups -OCH3 is 1. The van der Waals surface area contributed by atoms with E-state index in [-0.39, 0.29) is 18.5 Å². The highest BCUT2D eigenvalue weighted by atomic mass is 35.5. The summed E-state index contributed by atoms with van der Waals surface area (Å²) in [6.07, 6.45) is -0.0961. The van der Waals surface area contributed by atoms with Gasteiger partial charge < -0.3 is 10.1 Å². The number of alkyl halides is 1. The molecule has 0 spiro atoms. The van der Waals surface area contributed by atoms with Crippen LogP contribution in [0.1, 0.15) is 6.42 Å². The lowest BCUT2D eigenvalue weighted by Gasteiger charge is -2.23. The van der Waals surface area contributed by atoms with Gasteiger partial charge in [0, 0.05) is 26.6 Å². The van der Waals surface area contributed by atoms with Crippen molar-refractivity contribution in [3.8, 4) is 0 Å². The monoisotopic (exact) mass is 169 g/mol. The molecule has 0 radical (unpaired) electrons. The molecule has 1 aliphatic heterocycles. The van der Waals surface area contributed by atoms with Gasteiger partial charge in [-0.15, -0.1) is 12.4 Å². The largest absolute Gasteiger partial charge is 0.380 e. The number of halogens is 2. The minimum absolute atomic E-state index is 0. The Hall–Kier alpha value is 0.140. The van der Waals surface area contributed by atoms with E-state index in [0.29, 0.717) is 13.0 Å². The number of rotatable bonds is 1. The van der Waals surface area contributed by atoms with Crippen molar-refractivity contribution in [1.82, 2.24) is 5.32 Å². The molecule has 0 unspecified atom stereocenters. The minimum Gasteiger partial charge on any atom is -0.380 e. The fraction of sp³-hybridized carbons (Fsp3) is 1.00. The second kappa shape index (κ2) is 4.88. The smallest absolute Gasteiger partial charge is 0.115 e. The van der Waals surface area contributed by atoms with Crippen LogP contribution >= 0.6 is 12.4 Å². The van der Waals surface area contributed by atoms with Gasteiger partial charge in [-0.25, -0.2) is 4.39 Å². The first kappa shape index (κ1) is 10.1. The Morgan fingerprint density at radius 3 is 2.60 bits per heavy atom. The van der Waals surface area contributed by atoms with Crippen LogP contribution in [-0.2, 0) is 4.74 Å². The molecule has 1 aliphatic rings. The quantitative estimate of drug-likeness (QED) is 0.626. The summed E-state index contributed by atoms with van der Waals surface area (Å²) in [5, 5.41) is 2.94. The fourth-order valence-corrected chi connectivity index (χ4v) is 1.03. The van der Waals surface area contributed by atoms with Crippen molar-refractivity contribution in [3.63, 3.8) is 0 Å². The minimum atomic E-state index is -0.719. The average molecular weight is 170 g/mol. The van der Waals surface area contributed by atoms with Crippen molar-refractivity contribution in [3.05, 3.63) is 0 Å². The molecule has 0 aliphatic carbocycles. The summed E-state index contributed by atoms with van der Waals surface area (Å²) in [4.78, 5) is 0. The summed E-state index contributed by atoms with van der Waals surface area (Å²) in [5.41, 5.74) is 0. The Morgan fingerprint density at radius 2 is 2.20 bits per heavy atom. The summed E-state index contributed by atoms with van der Waals surface area (Å²) in [5.74, 6) is 0. The van der Waals surface area contributed by atoms with Gasteiger partial charge in [-0.1, -0.05) is 0 Å². The van der Waals surface area contributed by atoms with E-state index in [1.54, 1.807) is 7.11 Å². The van der Waals surface area contributed by atoms with E-state index >= 15 is 0 Å². The summed E-state index contributed by atoms with van der Waals surface area (Å²) in [7, 11) is 1.62. The van der Waals surface area contributed by atoms with Crippen LogP contribution in [0.25, 0.3) is 0 Å². The van der Waals surface area contributed by atoms with E-state index in [1.165, 1.54) is 0 Å². The first-order valence-corrected chi connectivity index (χ1v) is 3.20. The standard InChI is InChI=1S/C6H12FNO.ClH/c1-9-6-2-5(7)3-8-4-6;/h5-6,8H,2-4H2,1H3;1H/t5-,6-;/m1./s1. The highest BCUT2D eigenvalue weighted by Crippen LogP contribution is 2.08. The molecular weight excluding hydrogens is 157 g/mol. The molecule has 0 aromatic heterocycles. The van der Waals surface area contributed by atoms with Crippen LogP contribution in [0.4, 0.5) is 4.39 Å². The molecule has 1 saturated heterocycles. The molecule has 0 saturated carbocycles. The first-order valence-electron chi connectivity index (χ1n) is 3.20. The molecule has 1 fully saturated rings. The molecule has 0 amide bonds. The fourth-order valence-electron chi connectivity index (χ4n) is 1.03. The van der Waals surface area contributed by atoms with Crippen LogP contribution in [0, 0.1) is 0 Å². The summed E-state index contributed by atoms with van der Waals surface area (Å²) < 4.78 is 17.4. The van der Waals surface area contributed by atoms with E-state index in [2.05, 4.69) is 5.32 Å². The maximum atomic E-state index is 12.5. The molecule has 1 N–H and O–H groups in total. The number of ether oxygens (including phenoxy) is 1. The third-order valence-electron chi connectivity index (χ3n) is 1.59. The topological polar surface area (TPSA) is 21.3 Å². The van der Waals surface area contributed by atoms with Crippen LogP contribution < -0.4 is 5.32 Å². The maximum absolute atomic E-state index is 12.5. The van der Waals surface area contributed by atoms with E-state index in [0.717, 1.165) is 6.54 Å². The molecule has 0 aromatic rings. The Kier molecular flexibility index (Phi) is 4.95. The summed E-state index contributed by atoms with van der Waals surface area (Å²) in [6, 6.07) is 0. The van der Waals surface area contributed by atoms with Gasteiger partial charge in [0.15, 0.2) is 0 Å². The van der Waals surface area contributed by atoms with Crippen molar-refractivity contribution >= 4 is 12.4 Å². The van der Waals surface area contributed by atoms with Crippen molar-refractivity contribution in [1.29, 1.82) is 0 Å². The third-order valence-corrected chi connectivity index (χ3v) is 1.59. The lowest BCUT2D eigenvalue weighted by Crippen LogP contribution is -2.41. The molecule has 2 atom stereocenters. The molecule has 0 bridgehead atoms. The Balaban J connectivity index is 0.000000810. The second-order valence-electron chi connectivity index (χ2n) is 2.35. The lowest BCUT2D eigenvalue weighted by molar-refractivity contribution is 0.0514. The zero-order valence-electron chi connectivity index (χ0n) is 5.97. The number of nitrogens with one attached hydrogen (secondary N) is 1. The molecular formula is C6H13ClFNO. The number of piperidine rings is 1. The van der Waals surface area contributed by atoms with Gasteiger partial charge in [-0.3, -0.25) is 0 Å². The molecule has 4 heteroatoms. The molecule has 1 rings (SSSR count). The van der Waals surface area contributed by atoms with Gasteiger partial charge >= 0.3 is 0 Å². The maximum Gasteiger partial charge on any atom is 0.115 e. The molecule has 2 nitrogen and oxygen atoms in total. The molecule has 1 heterocycles. The highest BCUT2D eigenvalue weighted by Gasteiger charge is 2.19. The van der Waals surface area contributed by atoms with E-state index < -0.39 is 6.17 Å². The van der Waals surface area contributed by atoms with E-state index in [4.69, 9.17) is 4.74 Å². The van der Waals surface area contributed by atoms with Crippen LogP contribution in [0.5, 0.6) is 0 Å². The van der Waals surface area contributed by atoms with E-state index in [1.807, 2.05) is 0 Å². The molecule has 62 valence electrons. The molecule has 0 aromatic carbocycles. The van der Waals surface area contributed by atoms with Gasteiger partial charge in [0.05, 0.1) is 6.10 Å². The Bertz CT molecular complexity index is 93.8. The number of hydrogen-bond acceptors (Lipinski definition) is 2. The predicted molar refractivity (Wildman–Crippen MR) is 40.4 cm³/mol. The average Bonchev–Trinajstić information content (AvgIpc) is 1.88. The zero-order chi connectivity index (χ0) is 6.69. The Morgan fingerprint density at radius 1 is 1.50 bits per heavy atom. The lowest BCUT2D eigenvalue weighted by atomic mass is 10.1. The number of hydrogen-bond donors (Lipinski definition) is 1.